The van der Waals surface area contributed by atoms with E-state index in [0.717, 1.165) is 65.1 Å². The van der Waals surface area contributed by atoms with Gasteiger partial charge < -0.3 is 9.64 Å². The van der Waals surface area contributed by atoms with Crippen LogP contribution in [0.5, 0.6) is 0 Å². The van der Waals surface area contributed by atoms with Gasteiger partial charge in [0.1, 0.15) is 5.41 Å². The Morgan fingerprint density at radius 1 is 1.33 bits per heavy atom. The van der Waals surface area contributed by atoms with Crippen LogP contribution in [0.1, 0.15) is 32.6 Å². The molecule has 2 heterocycles. The van der Waals surface area contributed by atoms with Crippen LogP contribution < -0.4 is 0 Å². The van der Waals surface area contributed by atoms with Crippen molar-refractivity contribution in [2.75, 3.05) is 39.4 Å². The number of morpholine rings is 1. The van der Waals surface area contributed by atoms with Gasteiger partial charge in [0, 0.05) is 32.2 Å². The summed E-state index contributed by atoms with van der Waals surface area (Å²) in [5, 5.41) is 9.38. The van der Waals surface area contributed by atoms with Gasteiger partial charge in [-0.1, -0.05) is 13.3 Å². The Balaban J connectivity index is 1.69. The van der Waals surface area contributed by atoms with Crippen molar-refractivity contribution in [2.45, 2.75) is 38.6 Å². The molecule has 5 nitrogen and oxygen atoms in total. The van der Waals surface area contributed by atoms with E-state index >= 15 is 0 Å². The molecule has 0 N–H and O–H groups in total. The first-order valence-corrected chi connectivity index (χ1v) is 8.22. The van der Waals surface area contributed by atoms with Crippen LogP contribution in [0.15, 0.2) is 0 Å². The maximum Gasteiger partial charge on any atom is 0.243 e. The normalized spacial score (nSPS) is 32.5. The van der Waals surface area contributed by atoms with Gasteiger partial charge in [0.05, 0.1) is 19.3 Å². The number of carbonyl (C=O) groups excluding carboxylic acids is 1. The minimum Gasteiger partial charge on any atom is -0.379 e. The first-order valence-electron chi connectivity index (χ1n) is 8.22. The Morgan fingerprint density at radius 3 is 2.57 bits per heavy atom. The zero-order valence-electron chi connectivity index (χ0n) is 12.9. The van der Waals surface area contributed by atoms with Crippen molar-refractivity contribution in [3.05, 3.63) is 0 Å². The summed E-state index contributed by atoms with van der Waals surface area (Å²) in [7, 11) is 0. The monoisotopic (exact) mass is 291 g/mol. The van der Waals surface area contributed by atoms with Crippen LogP contribution in [-0.2, 0) is 9.53 Å². The molecule has 0 aromatic rings. The summed E-state index contributed by atoms with van der Waals surface area (Å²) in [6, 6.07) is 2.74. The molecule has 0 radical (unpaired) electrons. The zero-order chi connectivity index (χ0) is 14.9. The highest BCUT2D eigenvalue weighted by molar-refractivity contribution is 5.86. The Bertz CT molecular complexity index is 435. The number of amides is 1. The molecule has 3 rings (SSSR count). The highest BCUT2D eigenvalue weighted by atomic mass is 16.5. The molecule has 2 atom stereocenters. The Labute approximate surface area is 126 Å². The number of likely N-dealkylation sites (tertiary alicyclic amines) is 1. The fraction of sp³-hybridized carbons (Fsp3) is 0.875. The molecule has 1 saturated carbocycles. The molecule has 0 aromatic heterocycles. The molecule has 3 fully saturated rings. The highest BCUT2D eigenvalue weighted by Crippen LogP contribution is 2.43. The second-order valence-electron chi connectivity index (χ2n) is 6.64. The molecule has 0 bridgehead atoms. The quantitative estimate of drug-likeness (QED) is 0.785. The van der Waals surface area contributed by atoms with Gasteiger partial charge in [-0.2, -0.15) is 5.26 Å². The third-order valence-corrected chi connectivity index (χ3v) is 5.56. The van der Waals surface area contributed by atoms with E-state index in [9.17, 15) is 10.1 Å². The molecule has 2 saturated heterocycles. The van der Waals surface area contributed by atoms with Crippen LogP contribution in [0.3, 0.4) is 0 Å². The van der Waals surface area contributed by atoms with Gasteiger partial charge in [0.25, 0.3) is 0 Å². The second kappa shape index (κ2) is 5.94. The van der Waals surface area contributed by atoms with E-state index in [1.54, 1.807) is 0 Å². The predicted molar refractivity (Wildman–Crippen MR) is 78.4 cm³/mol. The van der Waals surface area contributed by atoms with Crippen LogP contribution in [0.4, 0.5) is 0 Å². The van der Waals surface area contributed by atoms with Crippen molar-refractivity contribution in [3.63, 3.8) is 0 Å². The Hall–Kier alpha value is -1.12. The van der Waals surface area contributed by atoms with Crippen LogP contribution in [0, 0.1) is 22.7 Å². The van der Waals surface area contributed by atoms with Gasteiger partial charge in [-0.15, -0.1) is 0 Å². The zero-order valence-corrected chi connectivity index (χ0v) is 12.9. The van der Waals surface area contributed by atoms with Crippen LogP contribution in [0.2, 0.25) is 0 Å². The third kappa shape index (κ3) is 2.56. The highest BCUT2D eigenvalue weighted by Gasteiger charge is 2.49. The van der Waals surface area contributed by atoms with Crippen LogP contribution in [0.25, 0.3) is 0 Å². The van der Waals surface area contributed by atoms with Crippen LogP contribution in [-0.4, -0.2) is 61.1 Å². The minimum atomic E-state index is -0.696. The molecule has 0 spiro atoms. The predicted octanol–water partition coefficient (Wildman–Crippen LogP) is 1.25. The SMILES string of the molecule is CC[C@@H]1CN(C(=O)C2(C#N)CCC2)C[C@@H]1N1CCOCC1. The third-order valence-electron chi connectivity index (χ3n) is 5.56. The summed E-state index contributed by atoms with van der Waals surface area (Å²) in [6.07, 6.45) is 3.60. The lowest BCUT2D eigenvalue weighted by Crippen LogP contribution is -2.49. The van der Waals surface area contributed by atoms with E-state index in [1.807, 2.05) is 4.90 Å². The maximum absolute atomic E-state index is 12.7. The standard InChI is InChI=1S/C16H25N3O2/c1-2-13-10-19(15(20)16(12-17)4-3-5-16)11-14(13)18-6-8-21-9-7-18/h13-14H,2-11H2,1H3/t13-,14+/m1/s1. The number of hydrogen-bond donors (Lipinski definition) is 0. The van der Waals surface area contributed by atoms with Crippen molar-refractivity contribution in [2.24, 2.45) is 11.3 Å². The maximum atomic E-state index is 12.7. The summed E-state index contributed by atoms with van der Waals surface area (Å²) in [4.78, 5) is 17.2. The Morgan fingerprint density at radius 2 is 2.05 bits per heavy atom. The molecule has 0 unspecified atom stereocenters. The lowest BCUT2D eigenvalue weighted by Gasteiger charge is -2.37. The number of nitriles is 1. The van der Waals surface area contributed by atoms with Gasteiger partial charge in [-0.25, -0.2) is 0 Å². The minimum absolute atomic E-state index is 0.0884. The van der Waals surface area contributed by atoms with Crippen molar-refractivity contribution in [1.82, 2.24) is 9.80 Å². The molecule has 1 aliphatic carbocycles. The first-order chi connectivity index (χ1) is 10.2. The van der Waals surface area contributed by atoms with Crippen molar-refractivity contribution < 1.29 is 9.53 Å². The topological polar surface area (TPSA) is 56.6 Å². The lowest BCUT2D eigenvalue weighted by atomic mass is 9.69. The number of rotatable bonds is 3. The molecule has 5 heteroatoms. The van der Waals surface area contributed by atoms with Gasteiger partial charge in [0.15, 0.2) is 0 Å². The molecule has 0 aromatic carbocycles. The first kappa shape index (κ1) is 14.8. The van der Waals surface area contributed by atoms with Gasteiger partial charge in [0.2, 0.25) is 5.91 Å². The van der Waals surface area contributed by atoms with Gasteiger partial charge in [-0.05, 0) is 25.2 Å². The lowest BCUT2D eigenvalue weighted by molar-refractivity contribution is -0.142. The van der Waals surface area contributed by atoms with Crippen molar-refractivity contribution >= 4 is 5.91 Å². The fourth-order valence-corrected chi connectivity index (χ4v) is 3.95. The van der Waals surface area contributed by atoms with E-state index in [4.69, 9.17) is 4.74 Å². The largest absolute Gasteiger partial charge is 0.379 e. The molecule has 21 heavy (non-hydrogen) atoms. The number of hydrogen-bond acceptors (Lipinski definition) is 4. The van der Waals surface area contributed by atoms with Gasteiger partial charge in [-0.3, -0.25) is 9.69 Å². The summed E-state index contributed by atoms with van der Waals surface area (Å²) >= 11 is 0. The van der Waals surface area contributed by atoms with E-state index in [1.165, 1.54) is 0 Å². The van der Waals surface area contributed by atoms with Crippen molar-refractivity contribution in [3.8, 4) is 6.07 Å². The molecule has 116 valence electrons. The molecule has 3 aliphatic rings. The fourth-order valence-electron chi connectivity index (χ4n) is 3.95. The second-order valence-corrected chi connectivity index (χ2v) is 6.64. The molecular weight excluding hydrogens is 266 g/mol. The summed E-state index contributed by atoms with van der Waals surface area (Å²) in [5.41, 5.74) is -0.696. The molecule has 1 amide bonds. The molecular formula is C16H25N3O2. The van der Waals surface area contributed by atoms with E-state index in [-0.39, 0.29) is 5.91 Å². The van der Waals surface area contributed by atoms with E-state index in [0.29, 0.717) is 12.0 Å². The van der Waals surface area contributed by atoms with E-state index in [2.05, 4.69) is 17.9 Å². The van der Waals surface area contributed by atoms with Crippen molar-refractivity contribution in [1.29, 1.82) is 5.26 Å². The number of ether oxygens (including phenoxy) is 1. The summed E-state index contributed by atoms with van der Waals surface area (Å²) < 4.78 is 5.44. The Kier molecular flexibility index (Phi) is 4.19. The average molecular weight is 291 g/mol. The van der Waals surface area contributed by atoms with E-state index < -0.39 is 5.41 Å². The average Bonchev–Trinajstić information content (AvgIpc) is 2.91. The van der Waals surface area contributed by atoms with Crippen LogP contribution >= 0.6 is 0 Å². The number of nitrogens with zero attached hydrogens (tertiary/aromatic N) is 3. The number of carbonyl (C=O) groups is 1. The molecule has 2 aliphatic heterocycles. The summed E-state index contributed by atoms with van der Waals surface area (Å²) in [5.74, 6) is 0.619. The van der Waals surface area contributed by atoms with Gasteiger partial charge >= 0.3 is 0 Å². The summed E-state index contributed by atoms with van der Waals surface area (Å²) in [6.45, 7) is 7.34. The smallest absolute Gasteiger partial charge is 0.243 e.